The fraction of sp³-hybridized carbons (Fsp3) is 0.750. The Labute approximate surface area is 166 Å². The van der Waals surface area contributed by atoms with Gasteiger partial charge in [-0.25, -0.2) is 4.79 Å². The molecular formula is C16H29IN4O2S. The first kappa shape index (κ1) is 21.4. The predicted molar refractivity (Wildman–Crippen MR) is 112 cm³/mol. The lowest BCUT2D eigenvalue weighted by atomic mass is 10.2. The number of nitrogens with zero attached hydrogens (tertiary/aromatic N) is 3. The van der Waals surface area contributed by atoms with Gasteiger partial charge in [0.2, 0.25) is 0 Å². The van der Waals surface area contributed by atoms with Gasteiger partial charge in [-0.3, -0.25) is 4.99 Å². The van der Waals surface area contributed by atoms with Gasteiger partial charge in [0.15, 0.2) is 5.96 Å². The molecule has 0 aromatic heterocycles. The third-order valence-electron chi connectivity index (χ3n) is 3.62. The number of piperazine rings is 1. The third kappa shape index (κ3) is 6.34. The fourth-order valence-corrected chi connectivity index (χ4v) is 3.20. The highest BCUT2D eigenvalue weighted by Gasteiger charge is 2.36. The first-order chi connectivity index (χ1) is 10.9. The Morgan fingerprint density at radius 3 is 2.92 bits per heavy atom. The van der Waals surface area contributed by atoms with E-state index in [4.69, 9.17) is 4.74 Å². The Morgan fingerprint density at radius 1 is 1.50 bits per heavy atom. The molecule has 2 aliphatic rings. The van der Waals surface area contributed by atoms with Crippen LogP contribution in [0.4, 0.5) is 4.79 Å². The van der Waals surface area contributed by atoms with Crippen molar-refractivity contribution in [3.8, 4) is 0 Å². The number of carbonyl (C=O) groups is 1. The van der Waals surface area contributed by atoms with E-state index in [0.29, 0.717) is 13.1 Å². The topological polar surface area (TPSA) is 57.2 Å². The minimum Gasteiger partial charge on any atom is -0.444 e. The summed E-state index contributed by atoms with van der Waals surface area (Å²) >= 11 is 1.85. The highest BCUT2D eigenvalue weighted by atomic mass is 127. The molecule has 6 nitrogen and oxygen atoms in total. The molecule has 2 aliphatic heterocycles. The second-order valence-electron chi connectivity index (χ2n) is 6.73. The maximum absolute atomic E-state index is 12.2. The zero-order valence-corrected chi connectivity index (χ0v) is 17.9. The molecule has 1 amide bonds. The maximum Gasteiger partial charge on any atom is 0.410 e. The summed E-state index contributed by atoms with van der Waals surface area (Å²) in [6, 6.07) is 0.264. The summed E-state index contributed by atoms with van der Waals surface area (Å²) in [5, 5.41) is 3.41. The molecule has 0 radical (unpaired) electrons. The second kappa shape index (κ2) is 9.74. The van der Waals surface area contributed by atoms with E-state index in [1.807, 2.05) is 38.6 Å². The van der Waals surface area contributed by atoms with E-state index < -0.39 is 5.60 Å². The van der Waals surface area contributed by atoms with Crippen molar-refractivity contribution < 1.29 is 9.53 Å². The Kier molecular flexibility index (Phi) is 8.69. The quantitative estimate of drug-likeness (QED) is 0.382. The van der Waals surface area contributed by atoms with E-state index in [-0.39, 0.29) is 36.1 Å². The number of guanidine groups is 1. The number of aliphatic imine (C=N–C) groups is 1. The molecular weight excluding hydrogens is 439 g/mol. The van der Waals surface area contributed by atoms with Crippen molar-refractivity contribution in [2.45, 2.75) is 32.4 Å². The SMILES string of the molecule is C=CCSCCNC1=NCC2CN(C(=O)OC(C)(C)C)CCN12.I. The summed E-state index contributed by atoms with van der Waals surface area (Å²) in [4.78, 5) is 20.8. The first-order valence-electron chi connectivity index (χ1n) is 8.12. The fourth-order valence-electron chi connectivity index (χ4n) is 2.62. The number of hydrogen-bond acceptors (Lipinski definition) is 6. The van der Waals surface area contributed by atoms with E-state index in [1.54, 1.807) is 4.90 Å². The molecule has 138 valence electrons. The van der Waals surface area contributed by atoms with Crippen LogP contribution in [0.2, 0.25) is 0 Å². The molecule has 1 unspecified atom stereocenters. The molecule has 24 heavy (non-hydrogen) atoms. The van der Waals surface area contributed by atoms with Crippen LogP contribution in [0, 0.1) is 0 Å². The van der Waals surface area contributed by atoms with Gasteiger partial charge >= 0.3 is 6.09 Å². The van der Waals surface area contributed by atoms with Crippen LogP contribution in [0.5, 0.6) is 0 Å². The molecule has 1 N–H and O–H groups in total. The summed E-state index contributed by atoms with van der Waals surface area (Å²) in [6.45, 7) is 13.2. The number of fused-ring (bicyclic) bond motifs is 1. The van der Waals surface area contributed by atoms with Crippen LogP contribution >= 0.6 is 35.7 Å². The van der Waals surface area contributed by atoms with E-state index in [2.05, 4.69) is 21.8 Å². The van der Waals surface area contributed by atoms with Gasteiger partial charge in [0.25, 0.3) is 0 Å². The molecule has 8 heteroatoms. The number of amides is 1. The van der Waals surface area contributed by atoms with Crippen molar-refractivity contribution in [3.05, 3.63) is 12.7 Å². The number of carbonyl (C=O) groups excluding carboxylic acids is 1. The number of thioether (sulfide) groups is 1. The van der Waals surface area contributed by atoms with Gasteiger partial charge in [-0.2, -0.15) is 11.8 Å². The average molecular weight is 468 g/mol. The minimum absolute atomic E-state index is 0. The van der Waals surface area contributed by atoms with E-state index in [0.717, 1.165) is 37.1 Å². The number of rotatable bonds is 5. The van der Waals surface area contributed by atoms with Gasteiger partial charge in [-0.1, -0.05) is 6.08 Å². The Bertz CT molecular complexity index is 467. The van der Waals surface area contributed by atoms with Gasteiger partial charge in [-0.15, -0.1) is 30.6 Å². The molecule has 2 rings (SSSR count). The van der Waals surface area contributed by atoms with Crippen LogP contribution in [-0.2, 0) is 4.74 Å². The number of halogens is 1. The Balaban J connectivity index is 0.00000288. The Hall–Kier alpha value is -0.640. The third-order valence-corrected chi connectivity index (χ3v) is 4.59. The van der Waals surface area contributed by atoms with Crippen molar-refractivity contribution in [3.63, 3.8) is 0 Å². The summed E-state index contributed by atoms with van der Waals surface area (Å²) in [6.07, 6.45) is 1.70. The molecule has 0 saturated carbocycles. The van der Waals surface area contributed by atoms with E-state index in [1.165, 1.54) is 0 Å². The van der Waals surface area contributed by atoms with E-state index in [9.17, 15) is 4.79 Å². The lowest BCUT2D eigenvalue weighted by Crippen LogP contribution is -2.57. The van der Waals surface area contributed by atoms with Crippen LogP contribution in [-0.4, -0.2) is 77.7 Å². The largest absolute Gasteiger partial charge is 0.444 e. The molecule has 1 atom stereocenters. The Morgan fingerprint density at radius 2 is 2.25 bits per heavy atom. The van der Waals surface area contributed by atoms with Gasteiger partial charge in [-0.05, 0) is 20.8 Å². The molecule has 1 saturated heterocycles. The highest BCUT2D eigenvalue weighted by Crippen LogP contribution is 2.18. The lowest BCUT2D eigenvalue weighted by Gasteiger charge is -2.39. The summed E-state index contributed by atoms with van der Waals surface area (Å²) < 4.78 is 5.46. The zero-order chi connectivity index (χ0) is 16.9. The average Bonchev–Trinajstić information content (AvgIpc) is 2.88. The normalized spacial score (nSPS) is 20.0. The number of ether oxygens (including phenoxy) is 1. The molecule has 0 spiro atoms. The van der Waals surface area contributed by atoms with Crippen molar-refractivity contribution in [1.82, 2.24) is 15.1 Å². The lowest BCUT2D eigenvalue weighted by molar-refractivity contribution is 0.0137. The van der Waals surface area contributed by atoms with Crippen LogP contribution in [0.15, 0.2) is 17.6 Å². The second-order valence-corrected chi connectivity index (χ2v) is 7.88. The maximum atomic E-state index is 12.2. The number of nitrogens with one attached hydrogen (secondary N) is 1. The summed E-state index contributed by atoms with van der Waals surface area (Å²) in [5.74, 6) is 2.98. The van der Waals surface area contributed by atoms with Crippen LogP contribution in [0.25, 0.3) is 0 Å². The summed E-state index contributed by atoms with van der Waals surface area (Å²) in [7, 11) is 0. The van der Waals surface area contributed by atoms with Gasteiger partial charge < -0.3 is 19.9 Å². The van der Waals surface area contributed by atoms with Crippen molar-refractivity contribution in [1.29, 1.82) is 0 Å². The molecule has 0 aromatic rings. The smallest absolute Gasteiger partial charge is 0.410 e. The van der Waals surface area contributed by atoms with Crippen LogP contribution in [0.3, 0.4) is 0 Å². The molecule has 1 fully saturated rings. The molecule has 0 aliphatic carbocycles. The van der Waals surface area contributed by atoms with Crippen LogP contribution in [0.1, 0.15) is 20.8 Å². The molecule has 2 heterocycles. The van der Waals surface area contributed by atoms with E-state index >= 15 is 0 Å². The molecule has 0 bridgehead atoms. The van der Waals surface area contributed by atoms with Crippen LogP contribution < -0.4 is 5.32 Å². The predicted octanol–water partition coefficient (Wildman–Crippen LogP) is 2.40. The van der Waals surface area contributed by atoms with Crippen molar-refractivity contribution in [2.24, 2.45) is 4.99 Å². The van der Waals surface area contributed by atoms with Gasteiger partial charge in [0.1, 0.15) is 5.60 Å². The minimum atomic E-state index is -0.448. The van der Waals surface area contributed by atoms with Crippen molar-refractivity contribution in [2.75, 3.05) is 44.2 Å². The molecule has 0 aromatic carbocycles. The zero-order valence-electron chi connectivity index (χ0n) is 14.8. The first-order valence-corrected chi connectivity index (χ1v) is 9.27. The van der Waals surface area contributed by atoms with Gasteiger partial charge in [0, 0.05) is 37.7 Å². The van der Waals surface area contributed by atoms with Gasteiger partial charge in [0.05, 0.1) is 12.6 Å². The highest BCUT2D eigenvalue weighted by molar-refractivity contribution is 14.0. The number of hydrogen-bond donors (Lipinski definition) is 1. The summed E-state index contributed by atoms with van der Waals surface area (Å²) in [5.41, 5.74) is -0.448. The standard InChI is InChI=1S/C16H28N4O2S.HI/c1-5-9-23-10-6-17-14-18-11-13-12-19(7-8-20(13)14)15(21)22-16(2,3)4;/h5,13H,1,6-12H2,2-4H3,(H,17,18);1H. The monoisotopic (exact) mass is 468 g/mol. The van der Waals surface area contributed by atoms with Crippen molar-refractivity contribution >= 4 is 47.8 Å².